The highest BCUT2D eigenvalue weighted by molar-refractivity contribution is 5.39. The van der Waals surface area contributed by atoms with Crippen molar-refractivity contribution in [2.24, 2.45) is 0 Å². The van der Waals surface area contributed by atoms with E-state index in [0.29, 0.717) is 6.54 Å². The van der Waals surface area contributed by atoms with Gasteiger partial charge in [0.05, 0.1) is 17.6 Å². The Balaban J connectivity index is 1.94. The van der Waals surface area contributed by atoms with Gasteiger partial charge in [-0.3, -0.25) is 15.0 Å². The number of likely N-dealkylation sites (N-methyl/N-ethyl adjacent to an activating group) is 1. The summed E-state index contributed by atoms with van der Waals surface area (Å²) in [5, 5.41) is 14.2. The summed E-state index contributed by atoms with van der Waals surface area (Å²) in [7, 11) is 1.95. The molecule has 1 aromatic rings. The average molecular weight is 265 g/mol. The van der Waals surface area contributed by atoms with Crippen molar-refractivity contribution in [3.63, 3.8) is 0 Å². The van der Waals surface area contributed by atoms with Crippen LogP contribution in [-0.4, -0.2) is 49.2 Å². The topological polar surface area (TPSA) is 67.6 Å². The van der Waals surface area contributed by atoms with Crippen LogP contribution in [0.4, 0.5) is 5.69 Å². The van der Waals surface area contributed by atoms with Crippen LogP contribution in [0.3, 0.4) is 0 Å². The standard InChI is InChI=1S/C13H19N3O3/c1-15(10-12-8-14-6-7-19-12)9-11-4-2-3-5-13(11)16(17)18/h2-5,12,14H,6-10H2,1H3. The molecule has 0 saturated carbocycles. The van der Waals surface area contributed by atoms with Crippen LogP contribution in [0.15, 0.2) is 24.3 Å². The van der Waals surface area contributed by atoms with Crippen molar-refractivity contribution in [2.75, 3.05) is 33.3 Å². The van der Waals surface area contributed by atoms with E-state index in [0.717, 1.165) is 31.8 Å². The molecule has 0 aliphatic carbocycles. The predicted octanol–water partition coefficient (Wildman–Crippen LogP) is 1.01. The summed E-state index contributed by atoms with van der Waals surface area (Å²) in [5.41, 5.74) is 0.913. The Morgan fingerprint density at radius 3 is 3.00 bits per heavy atom. The quantitative estimate of drug-likeness (QED) is 0.636. The number of nitrogens with zero attached hydrogens (tertiary/aromatic N) is 2. The zero-order valence-corrected chi connectivity index (χ0v) is 11.0. The van der Waals surface area contributed by atoms with Crippen molar-refractivity contribution >= 4 is 5.69 Å². The van der Waals surface area contributed by atoms with Gasteiger partial charge in [-0.2, -0.15) is 0 Å². The third-order valence-electron chi connectivity index (χ3n) is 3.15. The number of ether oxygens (including phenoxy) is 1. The van der Waals surface area contributed by atoms with Crippen molar-refractivity contribution in [1.29, 1.82) is 0 Å². The lowest BCUT2D eigenvalue weighted by molar-refractivity contribution is -0.385. The summed E-state index contributed by atoms with van der Waals surface area (Å²) >= 11 is 0. The maximum absolute atomic E-state index is 10.9. The fraction of sp³-hybridized carbons (Fsp3) is 0.538. The molecule has 1 heterocycles. The molecule has 1 fully saturated rings. The van der Waals surface area contributed by atoms with Crippen LogP contribution >= 0.6 is 0 Å². The molecule has 6 nitrogen and oxygen atoms in total. The van der Waals surface area contributed by atoms with Crippen LogP contribution in [0, 0.1) is 10.1 Å². The first kappa shape index (κ1) is 13.9. The lowest BCUT2D eigenvalue weighted by atomic mass is 10.1. The van der Waals surface area contributed by atoms with Gasteiger partial charge < -0.3 is 10.1 Å². The SMILES string of the molecule is CN(Cc1ccccc1[N+](=O)[O-])CC1CNCCO1. The Bertz CT molecular complexity index is 433. The van der Waals surface area contributed by atoms with E-state index in [1.807, 2.05) is 13.1 Å². The first-order valence-electron chi connectivity index (χ1n) is 6.40. The average Bonchev–Trinajstić information content (AvgIpc) is 2.40. The largest absolute Gasteiger partial charge is 0.374 e. The van der Waals surface area contributed by atoms with E-state index in [9.17, 15) is 10.1 Å². The van der Waals surface area contributed by atoms with Crippen molar-refractivity contribution in [1.82, 2.24) is 10.2 Å². The van der Waals surface area contributed by atoms with E-state index in [-0.39, 0.29) is 16.7 Å². The van der Waals surface area contributed by atoms with Gasteiger partial charge in [-0.05, 0) is 7.05 Å². The van der Waals surface area contributed by atoms with Crippen LogP contribution < -0.4 is 5.32 Å². The molecule has 1 aliphatic heterocycles. The minimum absolute atomic E-state index is 0.154. The highest BCUT2D eigenvalue weighted by atomic mass is 16.6. The minimum Gasteiger partial charge on any atom is -0.374 e. The molecule has 6 heteroatoms. The van der Waals surface area contributed by atoms with Gasteiger partial charge in [-0.1, -0.05) is 18.2 Å². The summed E-state index contributed by atoms with van der Waals surface area (Å²) in [6.07, 6.45) is 0.154. The third-order valence-corrected chi connectivity index (χ3v) is 3.15. The number of hydrogen-bond acceptors (Lipinski definition) is 5. The summed E-state index contributed by atoms with van der Waals surface area (Å²) in [4.78, 5) is 12.7. The fourth-order valence-electron chi connectivity index (χ4n) is 2.26. The number of morpholine rings is 1. The first-order chi connectivity index (χ1) is 9.16. The van der Waals surface area contributed by atoms with E-state index >= 15 is 0 Å². The molecular weight excluding hydrogens is 246 g/mol. The van der Waals surface area contributed by atoms with E-state index in [4.69, 9.17) is 4.74 Å². The van der Waals surface area contributed by atoms with Crippen LogP contribution in [0.5, 0.6) is 0 Å². The molecule has 1 aromatic carbocycles. The van der Waals surface area contributed by atoms with Crippen LogP contribution in [0.25, 0.3) is 0 Å². The minimum atomic E-state index is -0.332. The molecule has 1 aliphatic rings. The van der Waals surface area contributed by atoms with Gasteiger partial charge in [-0.25, -0.2) is 0 Å². The molecule has 2 rings (SSSR count). The molecule has 0 aromatic heterocycles. The molecule has 19 heavy (non-hydrogen) atoms. The van der Waals surface area contributed by atoms with E-state index in [2.05, 4.69) is 10.2 Å². The maximum atomic E-state index is 10.9. The smallest absolute Gasteiger partial charge is 0.273 e. The summed E-state index contributed by atoms with van der Waals surface area (Å²) in [6, 6.07) is 6.86. The second-order valence-corrected chi connectivity index (χ2v) is 4.78. The number of hydrogen-bond donors (Lipinski definition) is 1. The van der Waals surface area contributed by atoms with Gasteiger partial charge in [0, 0.05) is 37.8 Å². The zero-order valence-electron chi connectivity index (χ0n) is 11.0. The van der Waals surface area contributed by atoms with E-state index in [1.54, 1.807) is 18.2 Å². The van der Waals surface area contributed by atoms with Crippen molar-refractivity contribution in [2.45, 2.75) is 12.6 Å². The fourth-order valence-corrected chi connectivity index (χ4v) is 2.26. The Kier molecular flexibility index (Phi) is 4.84. The lowest BCUT2D eigenvalue weighted by Crippen LogP contribution is -2.44. The van der Waals surface area contributed by atoms with Crippen LogP contribution in [-0.2, 0) is 11.3 Å². The predicted molar refractivity (Wildman–Crippen MR) is 72.0 cm³/mol. The molecule has 0 bridgehead atoms. The highest BCUT2D eigenvalue weighted by Gasteiger charge is 2.18. The Morgan fingerprint density at radius 1 is 1.53 bits per heavy atom. The monoisotopic (exact) mass is 265 g/mol. The number of para-hydroxylation sites is 1. The second-order valence-electron chi connectivity index (χ2n) is 4.78. The third kappa shape index (κ3) is 3.99. The van der Waals surface area contributed by atoms with Gasteiger partial charge in [-0.15, -0.1) is 0 Å². The first-order valence-corrected chi connectivity index (χ1v) is 6.40. The van der Waals surface area contributed by atoms with Crippen molar-refractivity contribution in [3.05, 3.63) is 39.9 Å². The van der Waals surface area contributed by atoms with Crippen LogP contribution in [0.2, 0.25) is 0 Å². The zero-order chi connectivity index (χ0) is 13.7. The second kappa shape index (κ2) is 6.60. The van der Waals surface area contributed by atoms with Crippen molar-refractivity contribution < 1.29 is 9.66 Å². The van der Waals surface area contributed by atoms with Gasteiger partial charge in [0.2, 0.25) is 0 Å². The molecule has 104 valence electrons. The van der Waals surface area contributed by atoms with Gasteiger partial charge in [0.1, 0.15) is 0 Å². The van der Waals surface area contributed by atoms with E-state index in [1.165, 1.54) is 0 Å². The Hall–Kier alpha value is -1.50. The molecular formula is C13H19N3O3. The molecule has 0 spiro atoms. The normalized spacial score (nSPS) is 19.6. The van der Waals surface area contributed by atoms with Gasteiger partial charge >= 0.3 is 0 Å². The highest BCUT2D eigenvalue weighted by Crippen LogP contribution is 2.19. The Morgan fingerprint density at radius 2 is 2.32 bits per heavy atom. The van der Waals surface area contributed by atoms with Crippen molar-refractivity contribution in [3.8, 4) is 0 Å². The summed E-state index contributed by atoms with van der Waals surface area (Å²) in [5.74, 6) is 0. The van der Waals surface area contributed by atoms with Gasteiger partial charge in [0.15, 0.2) is 0 Å². The molecule has 1 unspecified atom stereocenters. The van der Waals surface area contributed by atoms with Crippen LogP contribution in [0.1, 0.15) is 5.56 Å². The molecule has 1 saturated heterocycles. The molecule has 0 amide bonds. The maximum Gasteiger partial charge on any atom is 0.273 e. The number of nitro benzene ring substituents is 1. The number of benzene rings is 1. The number of rotatable bonds is 5. The molecule has 1 N–H and O–H groups in total. The van der Waals surface area contributed by atoms with E-state index < -0.39 is 0 Å². The molecule has 1 atom stereocenters. The number of nitrogens with one attached hydrogen (secondary N) is 1. The summed E-state index contributed by atoms with van der Waals surface area (Å²) < 4.78 is 5.63. The van der Waals surface area contributed by atoms with Gasteiger partial charge in [0.25, 0.3) is 5.69 Å². The summed E-state index contributed by atoms with van der Waals surface area (Å²) in [6.45, 7) is 3.77. The number of nitro groups is 1. The molecule has 0 radical (unpaired) electrons. The Labute approximate surface area is 112 Å². The lowest BCUT2D eigenvalue weighted by Gasteiger charge is -2.27.